The first kappa shape index (κ1) is 19.7. The Balaban J connectivity index is 1.73. The van der Waals surface area contributed by atoms with Gasteiger partial charge in [-0.2, -0.15) is 0 Å². The Hall–Kier alpha value is -3.05. The van der Waals surface area contributed by atoms with Crippen LogP contribution in [0, 0.1) is 0 Å². The zero-order valence-corrected chi connectivity index (χ0v) is 16.5. The normalized spacial score (nSPS) is 11.1. The first-order valence-corrected chi connectivity index (χ1v) is 9.55. The first-order chi connectivity index (χ1) is 13.8. The molecule has 0 atom stereocenters. The number of ether oxygens (including phenoxy) is 2. The van der Waals surface area contributed by atoms with Crippen molar-refractivity contribution in [2.75, 3.05) is 32.2 Å². The number of nitrogens with zero attached hydrogens (tertiary/aromatic N) is 2. The van der Waals surface area contributed by atoms with Gasteiger partial charge in [0.05, 0.1) is 25.1 Å². The highest BCUT2D eigenvalue weighted by atomic mass is 16.5. The van der Waals surface area contributed by atoms with E-state index in [4.69, 9.17) is 9.47 Å². The number of methoxy groups -OCH3 is 1. The monoisotopic (exact) mass is 377 g/mol. The number of nitrogens with one attached hydrogen (secondary N) is 1. The highest BCUT2D eigenvalue weighted by molar-refractivity contribution is 5.62. The summed E-state index contributed by atoms with van der Waals surface area (Å²) in [5.74, 6) is 1.71. The third-order valence-corrected chi connectivity index (χ3v) is 4.32. The van der Waals surface area contributed by atoms with Gasteiger partial charge in [-0.15, -0.1) is 0 Å². The van der Waals surface area contributed by atoms with Gasteiger partial charge >= 0.3 is 0 Å². The quantitative estimate of drug-likeness (QED) is 0.555. The molecule has 0 bridgehead atoms. The van der Waals surface area contributed by atoms with Gasteiger partial charge in [0.25, 0.3) is 0 Å². The molecule has 0 aliphatic carbocycles. The van der Waals surface area contributed by atoms with Crippen molar-refractivity contribution >= 4 is 12.0 Å². The molecule has 0 fully saturated rings. The van der Waals surface area contributed by atoms with Gasteiger partial charge in [0.2, 0.25) is 5.95 Å². The van der Waals surface area contributed by atoms with Crippen LogP contribution in [0.4, 0.5) is 5.95 Å². The molecule has 3 aromatic rings. The zero-order chi connectivity index (χ0) is 19.6. The molecule has 0 radical (unpaired) electrons. The van der Waals surface area contributed by atoms with Gasteiger partial charge in [0.15, 0.2) is 0 Å². The maximum absolute atomic E-state index is 5.54. The van der Waals surface area contributed by atoms with Crippen molar-refractivity contribution in [3.8, 4) is 17.0 Å². The third kappa shape index (κ3) is 5.24. The van der Waals surface area contributed by atoms with Crippen LogP contribution in [0.2, 0.25) is 0 Å². The molecule has 0 unspecified atom stereocenters. The number of imidazole rings is 1. The molecule has 0 aliphatic heterocycles. The summed E-state index contributed by atoms with van der Waals surface area (Å²) < 4.78 is 13.0. The minimum Gasteiger partial charge on any atom is -0.494 e. The fourth-order valence-corrected chi connectivity index (χ4v) is 2.95. The molecule has 28 heavy (non-hydrogen) atoms. The summed E-state index contributed by atoms with van der Waals surface area (Å²) in [6.45, 7) is 4.69. The van der Waals surface area contributed by atoms with E-state index in [1.807, 2.05) is 43.5 Å². The fourth-order valence-electron chi connectivity index (χ4n) is 2.95. The summed E-state index contributed by atoms with van der Waals surface area (Å²) >= 11 is 0. The molecule has 0 saturated carbocycles. The minimum absolute atomic E-state index is 0.620. The molecule has 0 amide bonds. The summed E-state index contributed by atoms with van der Waals surface area (Å²) in [6.07, 6.45) is 6.10. The number of hydrogen-bond donors (Lipinski definition) is 1. The van der Waals surface area contributed by atoms with Crippen LogP contribution in [0.3, 0.4) is 0 Å². The lowest BCUT2D eigenvalue weighted by Gasteiger charge is -2.12. The molecular weight excluding hydrogens is 350 g/mol. The van der Waals surface area contributed by atoms with E-state index in [1.54, 1.807) is 7.11 Å². The number of benzene rings is 2. The lowest BCUT2D eigenvalue weighted by molar-refractivity contribution is 0.188. The van der Waals surface area contributed by atoms with E-state index >= 15 is 0 Å². The molecule has 5 heteroatoms. The van der Waals surface area contributed by atoms with E-state index in [0.29, 0.717) is 19.8 Å². The zero-order valence-electron chi connectivity index (χ0n) is 16.5. The summed E-state index contributed by atoms with van der Waals surface area (Å²) in [5, 5.41) is 3.40. The van der Waals surface area contributed by atoms with Crippen molar-refractivity contribution in [2.45, 2.75) is 13.5 Å². The molecule has 0 spiro atoms. The predicted molar refractivity (Wildman–Crippen MR) is 115 cm³/mol. The molecule has 3 rings (SSSR count). The van der Waals surface area contributed by atoms with E-state index in [9.17, 15) is 0 Å². The fraction of sp³-hybridized carbons (Fsp3) is 0.261. The van der Waals surface area contributed by atoms with Gasteiger partial charge in [-0.1, -0.05) is 42.5 Å². The van der Waals surface area contributed by atoms with Crippen LogP contribution in [0.25, 0.3) is 17.3 Å². The number of anilines is 1. The van der Waals surface area contributed by atoms with E-state index in [2.05, 4.69) is 51.3 Å². The smallest absolute Gasteiger partial charge is 0.203 e. The van der Waals surface area contributed by atoms with Crippen molar-refractivity contribution in [2.24, 2.45) is 0 Å². The van der Waals surface area contributed by atoms with Crippen molar-refractivity contribution < 1.29 is 9.47 Å². The summed E-state index contributed by atoms with van der Waals surface area (Å²) in [4.78, 5) is 4.58. The second kappa shape index (κ2) is 10.3. The molecule has 0 aliphatic rings. The molecular formula is C23H27N3O2. The molecule has 1 aromatic heterocycles. The molecule has 146 valence electrons. The first-order valence-electron chi connectivity index (χ1n) is 9.55. The molecule has 5 nitrogen and oxygen atoms in total. The minimum atomic E-state index is 0.620. The highest BCUT2D eigenvalue weighted by Crippen LogP contribution is 2.25. The van der Waals surface area contributed by atoms with Crippen molar-refractivity contribution in [3.05, 3.63) is 72.4 Å². The average Bonchev–Trinajstić information content (AvgIpc) is 3.14. The standard InChI is InChI=1S/C23H27N3O2/c1-3-28-21-13-11-20(12-14-21)22-18-25-23(26(22)16-17-27-2)24-15-7-10-19-8-5-4-6-9-19/h4-14,18H,3,15-17H2,1-2H3,(H,24,25). The Bertz CT molecular complexity index is 871. The van der Waals surface area contributed by atoms with Gasteiger partial charge < -0.3 is 19.4 Å². The third-order valence-electron chi connectivity index (χ3n) is 4.32. The van der Waals surface area contributed by atoms with Crippen molar-refractivity contribution in [3.63, 3.8) is 0 Å². The predicted octanol–water partition coefficient (Wildman–Crippen LogP) is 4.72. The number of aromatic nitrogens is 2. The van der Waals surface area contributed by atoms with Gasteiger partial charge in [0, 0.05) is 25.8 Å². The van der Waals surface area contributed by atoms with Crippen LogP contribution in [0.1, 0.15) is 12.5 Å². The second-order valence-corrected chi connectivity index (χ2v) is 6.26. The Labute approximate surface area is 166 Å². The Morgan fingerprint density at radius 2 is 1.86 bits per heavy atom. The van der Waals surface area contributed by atoms with E-state index in [0.717, 1.165) is 29.5 Å². The lowest BCUT2D eigenvalue weighted by Crippen LogP contribution is -2.11. The topological polar surface area (TPSA) is 48.3 Å². The van der Waals surface area contributed by atoms with Gasteiger partial charge in [-0.25, -0.2) is 4.98 Å². The van der Waals surface area contributed by atoms with Gasteiger partial charge in [-0.05, 0) is 36.8 Å². The Kier molecular flexibility index (Phi) is 7.27. The maximum atomic E-state index is 5.54. The van der Waals surface area contributed by atoms with Crippen LogP contribution >= 0.6 is 0 Å². The Morgan fingerprint density at radius 3 is 2.57 bits per heavy atom. The van der Waals surface area contributed by atoms with Crippen molar-refractivity contribution in [1.82, 2.24) is 9.55 Å². The molecule has 1 heterocycles. The summed E-state index contributed by atoms with van der Waals surface area (Å²) in [6, 6.07) is 18.4. The van der Waals surface area contributed by atoms with E-state index in [-0.39, 0.29) is 0 Å². The van der Waals surface area contributed by atoms with Gasteiger partial charge in [0.1, 0.15) is 5.75 Å². The number of hydrogen-bond acceptors (Lipinski definition) is 4. The maximum Gasteiger partial charge on any atom is 0.203 e. The second-order valence-electron chi connectivity index (χ2n) is 6.26. The van der Waals surface area contributed by atoms with Gasteiger partial charge in [-0.3, -0.25) is 0 Å². The average molecular weight is 377 g/mol. The van der Waals surface area contributed by atoms with Crippen LogP contribution < -0.4 is 10.1 Å². The largest absolute Gasteiger partial charge is 0.494 e. The molecule has 2 aromatic carbocycles. The lowest BCUT2D eigenvalue weighted by atomic mass is 10.1. The summed E-state index contributed by atoms with van der Waals surface area (Å²) in [5.41, 5.74) is 3.33. The highest BCUT2D eigenvalue weighted by Gasteiger charge is 2.11. The SMILES string of the molecule is CCOc1ccc(-c2cnc(NCC=Cc3ccccc3)n2CCOC)cc1. The molecule has 1 N–H and O–H groups in total. The van der Waals surface area contributed by atoms with Crippen LogP contribution in [0.15, 0.2) is 66.9 Å². The number of rotatable bonds is 10. The van der Waals surface area contributed by atoms with E-state index in [1.165, 1.54) is 5.56 Å². The van der Waals surface area contributed by atoms with Crippen LogP contribution in [-0.4, -0.2) is 36.4 Å². The van der Waals surface area contributed by atoms with Crippen molar-refractivity contribution in [1.29, 1.82) is 0 Å². The van der Waals surface area contributed by atoms with E-state index < -0.39 is 0 Å². The molecule has 0 saturated heterocycles. The van der Waals surface area contributed by atoms with Crippen LogP contribution in [-0.2, 0) is 11.3 Å². The van der Waals surface area contributed by atoms with Crippen LogP contribution in [0.5, 0.6) is 5.75 Å². The summed E-state index contributed by atoms with van der Waals surface area (Å²) in [7, 11) is 1.71. The Morgan fingerprint density at radius 1 is 1.07 bits per heavy atom.